The lowest BCUT2D eigenvalue weighted by Crippen LogP contribution is -2.56. The van der Waals surface area contributed by atoms with Crippen LogP contribution in [-0.2, 0) is 17.9 Å². The first-order chi connectivity index (χ1) is 19.9. The fourth-order valence-corrected chi connectivity index (χ4v) is 4.98. The number of hydrogen-bond acceptors (Lipinski definition) is 9. The smallest absolute Gasteiger partial charge is 0.347 e. The average molecular weight is 556 g/mol. The maximum atomic E-state index is 12.9. The molecule has 0 bridgehead atoms. The van der Waals surface area contributed by atoms with Crippen molar-refractivity contribution < 1.29 is 38.7 Å². The zero-order chi connectivity index (χ0) is 28.5. The Balaban J connectivity index is 1.38. The average Bonchev–Trinajstić information content (AvgIpc) is 3.65. The molecule has 3 aromatic rings. The second-order valence-corrected chi connectivity index (χ2v) is 9.37. The molecule has 11 heteroatoms. The first-order valence-electron chi connectivity index (χ1n) is 12.7. The molecule has 1 atom stereocenters. The molecule has 0 radical (unpaired) electrons. The molecule has 11 nitrogen and oxygen atoms in total. The first kappa shape index (κ1) is 25.8. The van der Waals surface area contributed by atoms with Gasteiger partial charge in [-0.3, -0.25) is 0 Å². The molecule has 208 valence electrons. The fourth-order valence-electron chi connectivity index (χ4n) is 4.98. The molecule has 0 saturated heterocycles. The van der Waals surface area contributed by atoms with Crippen molar-refractivity contribution in [2.24, 2.45) is 4.99 Å². The molecule has 3 heterocycles. The fraction of sp³-hybridized carbons (Fsp3) is 0.167. The summed E-state index contributed by atoms with van der Waals surface area (Å²) in [5, 5.41) is 20.1. The van der Waals surface area contributed by atoms with Crippen LogP contribution in [0.5, 0.6) is 23.0 Å². The Morgan fingerprint density at radius 1 is 1.05 bits per heavy atom. The van der Waals surface area contributed by atoms with Gasteiger partial charge in [0, 0.05) is 36.1 Å². The topological polar surface area (TPSA) is 130 Å². The van der Waals surface area contributed by atoms with Gasteiger partial charge >= 0.3 is 11.9 Å². The first-order valence-corrected chi connectivity index (χ1v) is 12.7. The van der Waals surface area contributed by atoms with Gasteiger partial charge in [0.1, 0.15) is 23.9 Å². The maximum absolute atomic E-state index is 12.9. The van der Waals surface area contributed by atoms with E-state index in [9.17, 15) is 19.8 Å². The highest BCUT2D eigenvalue weighted by molar-refractivity contribution is 6.07. The molecule has 2 N–H and O–H groups in total. The number of hydrogen-bond donors (Lipinski definition) is 2. The van der Waals surface area contributed by atoms with Gasteiger partial charge in [-0.25, -0.2) is 14.6 Å². The number of amidine groups is 1. The number of rotatable bonds is 9. The summed E-state index contributed by atoms with van der Waals surface area (Å²) in [5.41, 5.74) is 2.58. The normalized spacial score (nSPS) is 16.7. The summed E-state index contributed by atoms with van der Waals surface area (Å²) in [6, 6.07) is 17.1. The number of carboxylic acid groups (broad SMARTS) is 2. The lowest BCUT2D eigenvalue weighted by molar-refractivity contribution is -0.141. The number of carbonyl (C=O) groups is 2. The van der Waals surface area contributed by atoms with Crippen molar-refractivity contribution in [2.75, 3.05) is 18.8 Å². The SMILES string of the molecule is COc1ccc(N2C=C3C=CN=C3N(Cc3ccc4c(c3)OCO4)C2C(=O)O)c(OCc2ccccc2C(=O)O)c1. The van der Waals surface area contributed by atoms with Crippen LogP contribution in [0.15, 0.2) is 89.7 Å². The summed E-state index contributed by atoms with van der Waals surface area (Å²) in [4.78, 5) is 32.4. The summed E-state index contributed by atoms with van der Waals surface area (Å²) >= 11 is 0. The molecular formula is C30H25N3O8. The molecular weight excluding hydrogens is 530 g/mol. The summed E-state index contributed by atoms with van der Waals surface area (Å²) in [6.07, 6.45) is 3.96. The van der Waals surface area contributed by atoms with Gasteiger partial charge in [0.25, 0.3) is 0 Å². The Hall–Kier alpha value is -5.45. The van der Waals surface area contributed by atoms with Gasteiger partial charge in [0.2, 0.25) is 13.0 Å². The highest BCUT2D eigenvalue weighted by atomic mass is 16.7. The Kier molecular flexibility index (Phi) is 6.68. The Morgan fingerprint density at radius 2 is 1.88 bits per heavy atom. The van der Waals surface area contributed by atoms with Crippen molar-refractivity contribution >= 4 is 23.5 Å². The van der Waals surface area contributed by atoms with Crippen molar-refractivity contribution in [1.29, 1.82) is 0 Å². The minimum Gasteiger partial charge on any atom is -0.497 e. The number of benzene rings is 3. The molecule has 3 aliphatic rings. The molecule has 0 fully saturated rings. The Morgan fingerprint density at radius 3 is 2.68 bits per heavy atom. The van der Waals surface area contributed by atoms with Gasteiger partial charge in [0.05, 0.1) is 18.4 Å². The summed E-state index contributed by atoms with van der Waals surface area (Å²) in [6.45, 7) is 0.299. The van der Waals surface area contributed by atoms with Crippen LogP contribution in [0.2, 0.25) is 0 Å². The number of methoxy groups -OCH3 is 1. The van der Waals surface area contributed by atoms with E-state index in [4.69, 9.17) is 18.9 Å². The quantitative estimate of drug-likeness (QED) is 0.395. The number of aromatic carboxylic acids is 1. The Labute approximate surface area is 234 Å². The Bertz CT molecular complexity index is 1630. The zero-order valence-corrected chi connectivity index (χ0v) is 21.9. The predicted molar refractivity (Wildman–Crippen MR) is 147 cm³/mol. The molecule has 41 heavy (non-hydrogen) atoms. The van der Waals surface area contributed by atoms with Gasteiger partial charge < -0.3 is 39.0 Å². The minimum atomic E-state index is -1.19. The zero-order valence-electron chi connectivity index (χ0n) is 21.9. The minimum absolute atomic E-state index is 0.0572. The predicted octanol–water partition coefficient (Wildman–Crippen LogP) is 4.24. The van der Waals surface area contributed by atoms with E-state index in [1.54, 1.807) is 70.7 Å². The van der Waals surface area contributed by atoms with Gasteiger partial charge in [-0.15, -0.1) is 0 Å². The van der Waals surface area contributed by atoms with E-state index in [0.717, 1.165) is 11.1 Å². The van der Waals surface area contributed by atoms with Gasteiger partial charge in [-0.2, -0.15) is 0 Å². The monoisotopic (exact) mass is 555 g/mol. The van der Waals surface area contributed by atoms with Crippen LogP contribution < -0.4 is 23.8 Å². The maximum Gasteiger partial charge on any atom is 0.347 e. The van der Waals surface area contributed by atoms with Crippen molar-refractivity contribution in [1.82, 2.24) is 4.90 Å². The van der Waals surface area contributed by atoms with E-state index >= 15 is 0 Å². The molecule has 0 saturated carbocycles. The second-order valence-electron chi connectivity index (χ2n) is 9.37. The number of ether oxygens (including phenoxy) is 4. The largest absolute Gasteiger partial charge is 0.497 e. The van der Waals surface area contributed by atoms with Crippen LogP contribution in [0.1, 0.15) is 21.5 Å². The van der Waals surface area contributed by atoms with Crippen molar-refractivity contribution in [3.05, 3.63) is 101 Å². The van der Waals surface area contributed by atoms with E-state index in [-0.39, 0.29) is 25.5 Å². The lowest BCUT2D eigenvalue weighted by Gasteiger charge is -2.42. The van der Waals surface area contributed by atoms with E-state index < -0.39 is 18.1 Å². The van der Waals surface area contributed by atoms with Crippen LogP contribution in [0.25, 0.3) is 0 Å². The molecule has 3 aliphatic heterocycles. The van der Waals surface area contributed by atoms with Crippen molar-refractivity contribution in [2.45, 2.75) is 19.3 Å². The van der Waals surface area contributed by atoms with Crippen LogP contribution in [0.3, 0.4) is 0 Å². The summed E-state index contributed by atoms with van der Waals surface area (Å²) < 4.78 is 22.5. The van der Waals surface area contributed by atoms with E-state index in [1.165, 1.54) is 13.2 Å². The number of aliphatic imine (C=N–C) groups is 1. The van der Waals surface area contributed by atoms with Crippen LogP contribution in [-0.4, -0.2) is 53.0 Å². The molecule has 0 aromatic heterocycles. The molecule has 6 rings (SSSR count). The molecule has 1 unspecified atom stereocenters. The highest BCUT2D eigenvalue weighted by Crippen LogP contribution is 2.39. The molecule has 0 spiro atoms. The second kappa shape index (κ2) is 10.6. The van der Waals surface area contributed by atoms with Crippen molar-refractivity contribution in [3.63, 3.8) is 0 Å². The molecule has 0 aliphatic carbocycles. The third-order valence-corrected chi connectivity index (χ3v) is 6.90. The van der Waals surface area contributed by atoms with Crippen LogP contribution in [0, 0.1) is 0 Å². The number of anilines is 1. The number of fused-ring (bicyclic) bond motifs is 2. The third kappa shape index (κ3) is 4.89. The van der Waals surface area contributed by atoms with E-state index in [2.05, 4.69) is 4.99 Å². The van der Waals surface area contributed by atoms with Gasteiger partial charge in [0.15, 0.2) is 11.5 Å². The third-order valence-electron chi connectivity index (χ3n) is 6.90. The summed E-state index contributed by atoms with van der Waals surface area (Å²) in [7, 11) is 1.51. The number of nitrogens with zero attached hydrogens (tertiary/aromatic N) is 3. The van der Waals surface area contributed by atoms with Gasteiger partial charge in [-0.05, 0) is 42.0 Å². The van der Waals surface area contributed by atoms with Gasteiger partial charge in [-0.1, -0.05) is 24.3 Å². The molecule has 3 aromatic carbocycles. The standard InChI is InChI=1S/C30H25N3O8/c1-38-21-7-8-23(25(13-21)39-16-20-4-2-3-5-22(20)29(34)35)32-15-19-10-11-31-27(19)33(28(32)30(36)37)14-18-6-9-24-26(12-18)41-17-40-24/h2-13,15,28H,14,16-17H2,1H3,(H,34,35)(H,36,37). The number of aliphatic carboxylic acids is 1. The van der Waals surface area contributed by atoms with Crippen LogP contribution in [0.4, 0.5) is 5.69 Å². The summed E-state index contributed by atoms with van der Waals surface area (Å²) in [5.74, 6) is 0.392. The van der Waals surface area contributed by atoms with Crippen LogP contribution >= 0.6 is 0 Å². The number of carboxylic acids is 2. The van der Waals surface area contributed by atoms with E-state index in [0.29, 0.717) is 40.1 Å². The lowest BCUT2D eigenvalue weighted by atomic mass is 10.1. The molecule has 0 amide bonds. The van der Waals surface area contributed by atoms with E-state index in [1.807, 2.05) is 12.1 Å². The highest BCUT2D eigenvalue weighted by Gasteiger charge is 2.40. The van der Waals surface area contributed by atoms with Crippen molar-refractivity contribution in [3.8, 4) is 23.0 Å².